The van der Waals surface area contributed by atoms with Crippen molar-refractivity contribution in [2.24, 2.45) is 17.0 Å². The first-order valence-corrected chi connectivity index (χ1v) is 7.37. The van der Waals surface area contributed by atoms with Gasteiger partial charge >= 0.3 is 0 Å². The van der Waals surface area contributed by atoms with Crippen LogP contribution < -0.4 is 4.90 Å². The molecule has 0 radical (unpaired) electrons. The lowest BCUT2D eigenvalue weighted by Gasteiger charge is -2.37. The van der Waals surface area contributed by atoms with Crippen molar-refractivity contribution in [1.29, 1.82) is 0 Å². The van der Waals surface area contributed by atoms with Crippen LogP contribution in [0.1, 0.15) is 31.7 Å². The topological polar surface area (TPSA) is 35.8 Å². The second-order valence-corrected chi connectivity index (χ2v) is 6.33. The summed E-state index contributed by atoms with van der Waals surface area (Å²) in [6.45, 7) is 2.29. The van der Waals surface area contributed by atoms with Gasteiger partial charge in [-0.3, -0.25) is 0 Å². The van der Waals surface area contributed by atoms with Gasteiger partial charge in [-0.25, -0.2) is 0 Å². The molecule has 1 heterocycles. The highest BCUT2D eigenvalue weighted by Crippen LogP contribution is 2.48. The van der Waals surface area contributed by atoms with E-state index < -0.39 is 0 Å². The van der Waals surface area contributed by atoms with Crippen LogP contribution in [0.2, 0.25) is 0 Å². The minimum absolute atomic E-state index is 0.336. The summed E-state index contributed by atoms with van der Waals surface area (Å²) in [6, 6.07) is 9.54. The lowest BCUT2D eigenvalue weighted by atomic mass is 9.91. The number of para-hydroxylation sites is 1. The number of nitrogens with zero attached hydrogens (tertiary/aromatic N) is 2. The Labute approximate surface area is 113 Å². The van der Waals surface area contributed by atoms with Crippen molar-refractivity contribution in [3.8, 4) is 0 Å². The van der Waals surface area contributed by atoms with Gasteiger partial charge in [-0.05, 0) is 50.2 Å². The molecule has 19 heavy (non-hydrogen) atoms. The molecule has 3 nitrogen and oxygen atoms in total. The summed E-state index contributed by atoms with van der Waals surface area (Å²) in [7, 11) is 0. The van der Waals surface area contributed by atoms with Crippen molar-refractivity contribution in [2.75, 3.05) is 4.90 Å². The van der Waals surface area contributed by atoms with E-state index >= 15 is 0 Å². The van der Waals surface area contributed by atoms with Crippen LogP contribution in [0.5, 0.6) is 0 Å². The lowest BCUT2D eigenvalue weighted by molar-refractivity contribution is 0.310. The van der Waals surface area contributed by atoms with E-state index in [0.717, 1.165) is 12.1 Å². The molecule has 0 aromatic heterocycles. The van der Waals surface area contributed by atoms with Gasteiger partial charge in [0.05, 0.1) is 11.8 Å². The number of rotatable bonds is 1. The molecule has 1 aromatic rings. The molecule has 2 aliphatic carbocycles. The van der Waals surface area contributed by atoms with E-state index in [1.54, 1.807) is 0 Å². The summed E-state index contributed by atoms with van der Waals surface area (Å²) in [6.07, 6.45) is 4.84. The molecule has 1 aliphatic heterocycles. The zero-order valence-corrected chi connectivity index (χ0v) is 11.3. The summed E-state index contributed by atoms with van der Waals surface area (Å²) >= 11 is 0. The molecule has 2 bridgehead atoms. The van der Waals surface area contributed by atoms with Gasteiger partial charge in [-0.15, -0.1) is 0 Å². The monoisotopic (exact) mass is 256 g/mol. The Kier molecular flexibility index (Phi) is 2.38. The van der Waals surface area contributed by atoms with E-state index in [9.17, 15) is 5.21 Å². The third-order valence-electron chi connectivity index (χ3n) is 5.32. The predicted molar refractivity (Wildman–Crippen MR) is 75.9 cm³/mol. The maximum Gasteiger partial charge on any atom is 0.0828 e. The first-order valence-electron chi connectivity index (χ1n) is 7.37. The van der Waals surface area contributed by atoms with Gasteiger partial charge in [0.25, 0.3) is 0 Å². The Morgan fingerprint density at radius 2 is 2.11 bits per heavy atom. The van der Waals surface area contributed by atoms with Crippen LogP contribution in [-0.2, 0) is 6.42 Å². The average molecular weight is 256 g/mol. The third kappa shape index (κ3) is 1.47. The number of oxime groups is 1. The summed E-state index contributed by atoms with van der Waals surface area (Å²) < 4.78 is 0. The van der Waals surface area contributed by atoms with Crippen LogP contribution in [0.15, 0.2) is 29.4 Å². The second kappa shape index (κ2) is 3.99. The van der Waals surface area contributed by atoms with Crippen LogP contribution in [0.3, 0.4) is 0 Å². The Morgan fingerprint density at radius 1 is 1.26 bits per heavy atom. The second-order valence-electron chi connectivity index (χ2n) is 6.33. The van der Waals surface area contributed by atoms with Gasteiger partial charge < -0.3 is 10.1 Å². The maximum atomic E-state index is 9.41. The van der Waals surface area contributed by atoms with Gasteiger partial charge in [-0.1, -0.05) is 23.4 Å². The van der Waals surface area contributed by atoms with E-state index in [1.807, 2.05) is 0 Å². The van der Waals surface area contributed by atoms with Crippen LogP contribution >= 0.6 is 0 Å². The van der Waals surface area contributed by atoms with Gasteiger partial charge in [0.1, 0.15) is 0 Å². The fraction of sp³-hybridized carbons (Fsp3) is 0.562. The molecule has 1 N–H and O–H groups in total. The zero-order chi connectivity index (χ0) is 13.0. The fourth-order valence-corrected chi connectivity index (χ4v) is 4.58. The molecule has 2 saturated carbocycles. The molecule has 4 atom stereocenters. The van der Waals surface area contributed by atoms with Crippen molar-refractivity contribution in [2.45, 2.75) is 44.7 Å². The summed E-state index contributed by atoms with van der Waals surface area (Å²) in [4.78, 5) is 2.52. The SMILES string of the molecule is C[C@@H]1Cc2ccccc2N1[C@@H]1/C(=N\O)[C@H]2CC[C@H]1C2. The van der Waals surface area contributed by atoms with E-state index in [4.69, 9.17) is 0 Å². The Balaban J connectivity index is 1.77. The summed E-state index contributed by atoms with van der Waals surface area (Å²) in [5, 5.41) is 13.1. The molecular formula is C16H20N2O. The van der Waals surface area contributed by atoms with Gasteiger partial charge in [0.15, 0.2) is 0 Å². The number of hydrogen-bond donors (Lipinski definition) is 1. The molecule has 0 spiro atoms. The minimum atomic E-state index is 0.336. The van der Waals surface area contributed by atoms with Crippen LogP contribution in [-0.4, -0.2) is 23.0 Å². The molecule has 100 valence electrons. The molecular weight excluding hydrogens is 236 g/mol. The van der Waals surface area contributed by atoms with E-state index in [-0.39, 0.29) is 0 Å². The Morgan fingerprint density at radius 3 is 2.95 bits per heavy atom. The quantitative estimate of drug-likeness (QED) is 0.619. The van der Waals surface area contributed by atoms with Gasteiger partial charge in [-0.2, -0.15) is 0 Å². The van der Waals surface area contributed by atoms with Gasteiger partial charge in [0, 0.05) is 17.6 Å². The minimum Gasteiger partial charge on any atom is -0.411 e. The number of hydrogen-bond acceptors (Lipinski definition) is 3. The molecule has 4 rings (SSSR count). The van der Waals surface area contributed by atoms with Crippen molar-refractivity contribution >= 4 is 11.4 Å². The van der Waals surface area contributed by atoms with Crippen molar-refractivity contribution in [3.63, 3.8) is 0 Å². The van der Waals surface area contributed by atoms with Crippen molar-refractivity contribution < 1.29 is 5.21 Å². The predicted octanol–water partition coefficient (Wildman–Crippen LogP) is 3.07. The summed E-state index contributed by atoms with van der Waals surface area (Å²) in [5.41, 5.74) is 3.84. The highest BCUT2D eigenvalue weighted by molar-refractivity contribution is 5.97. The first-order chi connectivity index (χ1) is 9.29. The highest BCUT2D eigenvalue weighted by atomic mass is 16.4. The smallest absolute Gasteiger partial charge is 0.0828 e. The standard InChI is InChI=1S/C16H20N2O/c1-10-8-11-4-2-3-5-14(11)18(10)16-13-7-6-12(9-13)15(16)17-19/h2-5,10,12-13,16,19H,6-9H2,1H3/b17-15-/t10-,12+,13+,16+/m1/s1. The Bertz CT molecular complexity index is 539. The zero-order valence-electron chi connectivity index (χ0n) is 11.3. The maximum absolute atomic E-state index is 9.41. The van der Waals surface area contributed by atoms with Crippen LogP contribution in [0.25, 0.3) is 0 Å². The normalized spacial score (nSPS) is 38.2. The molecule has 0 amide bonds. The molecule has 3 heteroatoms. The number of fused-ring (bicyclic) bond motifs is 3. The van der Waals surface area contributed by atoms with Crippen LogP contribution in [0.4, 0.5) is 5.69 Å². The fourth-order valence-electron chi connectivity index (χ4n) is 4.58. The first kappa shape index (κ1) is 11.3. The van der Waals surface area contributed by atoms with Crippen LogP contribution in [0, 0.1) is 11.8 Å². The highest BCUT2D eigenvalue weighted by Gasteiger charge is 2.50. The third-order valence-corrected chi connectivity index (χ3v) is 5.32. The lowest BCUT2D eigenvalue weighted by Crippen LogP contribution is -2.47. The van der Waals surface area contributed by atoms with E-state index in [2.05, 4.69) is 41.2 Å². The number of anilines is 1. The van der Waals surface area contributed by atoms with E-state index in [1.165, 1.54) is 30.5 Å². The van der Waals surface area contributed by atoms with Crippen molar-refractivity contribution in [1.82, 2.24) is 0 Å². The van der Waals surface area contributed by atoms with E-state index in [0.29, 0.717) is 23.9 Å². The molecule has 2 fully saturated rings. The van der Waals surface area contributed by atoms with Gasteiger partial charge in [0.2, 0.25) is 0 Å². The molecule has 3 aliphatic rings. The molecule has 0 unspecified atom stereocenters. The molecule has 0 saturated heterocycles. The van der Waals surface area contributed by atoms with Crippen molar-refractivity contribution in [3.05, 3.63) is 29.8 Å². The Hall–Kier alpha value is -1.51. The average Bonchev–Trinajstić information content (AvgIpc) is 3.08. The molecule has 1 aromatic carbocycles. The summed E-state index contributed by atoms with van der Waals surface area (Å²) in [5.74, 6) is 1.21. The number of benzene rings is 1. The largest absolute Gasteiger partial charge is 0.411 e.